The molecule has 23 heavy (non-hydrogen) atoms. The average molecular weight is 341 g/mol. The zero-order valence-electron chi connectivity index (χ0n) is 12.4. The Hall–Kier alpha value is -1.75. The monoisotopic (exact) mass is 341 g/mol. The van der Waals surface area contributed by atoms with E-state index in [0.717, 1.165) is 0 Å². The van der Waals surface area contributed by atoms with Crippen LogP contribution in [-0.2, 0) is 14.2 Å². The number of aromatic nitrogens is 2. The summed E-state index contributed by atoms with van der Waals surface area (Å²) in [5.74, 6) is -0.951. The van der Waals surface area contributed by atoms with E-state index in [4.69, 9.17) is 32.0 Å². The van der Waals surface area contributed by atoms with Gasteiger partial charge in [0.15, 0.2) is 16.8 Å². The van der Waals surface area contributed by atoms with Crippen LogP contribution in [0.15, 0.2) is 22.2 Å². The van der Waals surface area contributed by atoms with E-state index in [1.165, 1.54) is 16.8 Å². The Labute approximate surface area is 135 Å². The zero-order chi connectivity index (χ0) is 16.8. The van der Waals surface area contributed by atoms with Crippen molar-refractivity contribution < 1.29 is 19.3 Å². The molecule has 2 N–H and O–H groups in total. The number of azide groups is 1. The van der Waals surface area contributed by atoms with Crippen LogP contribution in [0.4, 0.5) is 0 Å². The number of aliphatic hydroxyl groups is 1. The molecule has 1 aromatic rings. The van der Waals surface area contributed by atoms with Crippen molar-refractivity contribution in [2.45, 2.75) is 43.8 Å². The van der Waals surface area contributed by atoms with Gasteiger partial charge in [0.2, 0.25) is 5.72 Å². The highest BCUT2D eigenvalue weighted by molar-refractivity contribution is 7.71. The van der Waals surface area contributed by atoms with Crippen LogP contribution in [0.5, 0.6) is 0 Å². The maximum Gasteiger partial charge on any atom is 0.251 e. The van der Waals surface area contributed by atoms with Gasteiger partial charge in [0.25, 0.3) is 5.56 Å². The first-order valence-electron chi connectivity index (χ1n) is 6.84. The quantitative estimate of drug-likeness (QED) is 0.364. The highest BCUT2D eigenvalue weighted by atomic mass is 32.1. The summed E-state index contributed by atoms with van der Waals surface area (Å²) in [4.78, 5) is 16.6. The number of hydrogen-bond acceptors (Lipinski definition) is 7. The fraction of sp³-hybridized carbons (Fsp3) is 0.667. The Morgan fingerprint density at radius 2 is 2.26 bits per heavy atom. The number of aromatic amines is 1. The van der Waals surface area contributed by atoms with Gasteiger partial charge in [0, 0.05) is 17.2 Å². The van der Waals surface area contributed by atoms with Crippen LogP contribution in [0.1, 0.15) is 20.1 Å². The number of hydrogen-bond donors (Lipinski definition) is 2. The molecule has 0 amide bonds. The molecule has 1 aromatic heterocycles. The smallest absolute Gasteiger partial charge is 0.251 e. The lowest BCUT2D eigenvalue weighted by Gasteiger charge is -2.29. The van der Waals surface area contributed by atoms with Crippen LogP contribution in [0, 0.1) is 4.77 Å². The number of H-pyrrole nitrogens is 1. The van der Waals surface area contributed by atoms with E-state index in [2.05, 4.69) is 15.0 Å². The molecular weight excluding hydrogens is 326 g/mol. The molecular formula is C12H15N5O5S. The average Bonchev–Trinajstić information content (AvgIpc) is 2.93. The summed E-state index contributed by atoms with van der Waals surface area (Å²) in [5.41, 5.74) is 6.83. The van der Waals surface area contributed by atoms with Gasteiger partial charge in [0.05, 0.1) is 6.61 Å². The molecule has 0 radical (unpaired) electrons. The molecule has 124 valence electrons. The van der Waals surface area contributed by atoms with Gasteiger partial charge in [-0.1, -0.05) is 5.11 Å². The van der Waals surface area contributed by atoms with Gasteiger partial charge in [-0.3, -0.25) is 14.3 Å². The van der Waals surface area contributed by atoms with Crippen LogP contribution < -0.4 is 5.56 Å². The van der Waals surface area contributed by atoms with Crippen LogP contribution in [0.25, 0.3) is 10.4 Å². The van der Waals surface area contributed by atoms with Gasteiger partial charge >= 0.3 is 0 Å². The first-order chi connectivity index (χ1) is 10.8. The topological polar surface area (TPSA) is 134 Å². The van der Waals surface area contributed by atoms with Crippen molar-refractivity contribution in [1.82, 2.24) is 9.55 Å². The van der Waals surface area contributed by atoms with Crippen molar-refractivity contribution in [1.29, 1.82) is 0 Å². The molecule has 2 aliphatic rings. The third-order valence-electron chi connectivity index (χ3n) is 3.75. The second-order valence-electron chi connectivity index (χ2n) is 5.74. The molecule has 0 bridgehead atoms. The zero-order valence-corrected chi connectivity index (χ0v) is 13.2. The van der Waals surface area contributed by atoms with Crippen molar-refractivity contribution in [2.24, 2.45) is 5.11 Å². The summed E-state index contributed by atoms with van der Waals surface area (Å²) in [5, 5.41) is 13.3. The normalized spacial score (nSPS) is 34.8. The SMILES string of the molecule is CC1(C)O[C@H]2C(n3ccc(=O)[nH]c3=S)OC(CO)(N=[N+]=[N-])[C@H]2O1. The Kier molecular flexibility index (Phi) is 3.79. The molecule has 2 fully saturated rings. The van der Waals surface area contributed by atoms with E-state index < -0.39 is 36.6 Å². The highest BCUT2D eigenvalue weighted by Crippen LogP contribution is 2.48. The van der Waals surface area contributed by atoms with E-state index in [1.807, 2.05) is 0 Å². The standard InChI is InChI=1S/C12H15N5O5S/c1-11(2)20-7-8(21-11)12(5-18,15-16-13)22-9(7)17-4-3-6(19)14-10(17)23/h3-4,7-9,18H,5H2,1-2H3,(H,14,19,23)/t7-,8+,9?,12?/m1/s1. The van der Waals surface area contributed by atoms with E-state index in [9.17, 15) is 9.90 Å². The summed E-state index contributed by atoms with van der Waals surface area (Å²) < 4.78 is 18.9. The van der Waals surface area contributed by atoms with Gasteiger partial charge < -0.3 is 19.3 Å². The number of aliphatic hydroxyl groups excluding tert-OH is 1. The third-order valence-corrected chi connectivity index (χ3v) is 4.06. The van der Waals surface area contributed by atoms with E-state index >= 15 is 0 Å². The Balaban J connectivity index is 2.10. The van der Waals surface area contributed by atoms with Gasteiger partial charge in [-0.05, 0) is 31.6 Å². The van der Waals surface area contributed by atoms with E-state index in [-0.39, 0.29) is 10.3 Å². The molecule has 0 spiro atoms. The summed E-state index contributed by atoms with van der Waals surface area (Å²) >= 11 is 5.13. The van der Waals surface area contributed by atoms with Gasteiger partial charge in [-0.25, -0.2) is 0 Å². The molecule has 2 saturated heterocycles. The first-order valence-corrected chi connectivity index (χ1v) is 7.25. The van der Waals surface area contributed by atoms with E-state index in [0.29, 0.717) is 0 Å². The number of fused-ring (bicyclic) bond motifs is 1. The number of ether oxygens (including phenoxy) is 3. The van der Waals surface area contributed by atoms with E-state index in [1.54, 1.807) is 13.8 Å². The molecule has 0 saturated carbocycles. The molecule has 2 aliphatic heterocycles. The predicted molar refractivity (Wildman–Crippen MR) is 78.8 cm³/mol. The van der Waals surface area contributed by atoms with Gasteiger partial charge in [-0.2, -0.15) is 0 Å². The molecule has 3 heterocycles. The third kappa shape index (κ3) is 2.57. The Bertz CT molecular complexity index is 785. The lowest BCUT2D eigenvalue weighted by atomic mass is 10.1. The maximum absolute atomic E-state index is 11.3. The summed E-state index contributed by atoms with van der Waals surface area (Å²) in [7, 11) is 0. The summed E-state index contributed by atoms with van der Waals surface area (Å²) in [6.07, 6.45) is -0.887. The molecule has 0 aromatic carbocycles. The fourth-order valence-corrected chi connectivity index (χ4v) is 3.11. The summed E-state index contributed by atoms with van der Waals surface area (Å²) in [6.45, 7) is 2.81. The largest absolute Gasteiger partial charge is 0.393 e. The van der Waals surface area contributed by atoms with Crippen LogP contribution in [0.3, 0.4) is 0 Å². The molecule has 2 unspecified atom stereocenters. The molecule has 4 atom stereocenters. The number of rotatable bonds is 3. The Morgan fingerprint density at radius 3 is 2.87 bits per heavy atom. The highest BCUT2D eigenvalue weighted by Gasteiger charge is 2.63. The minimum atomic E-state index is -1.64. The minimum absolute atomic E-state index is 0.115. The van der Waals surface area contributed by atoms with Crippen molar-refractivity contribution in [3.05, 3.63) is 37.8 Å². The van der Waals surface area contributed by atoms with Crippen LogP contribution in [0.2, 0.25) is 0 Å². The molecule has 10 nitrogen and oxygen atoms in total. The van der Waals surface area contributed by atoms with Gasteiger partial charge in [0.1, 0.15) is 12.2 Å². The first kappa shape index (κ1) is 16.1. The number of nitrogens with one attached hydrogen (secondary N) is 1. The molecule has 11 heteroatoms. The van der Waals surface area contributed by atoms with Crippen molar-refractivity contribution >= 4 is 12.2 Å². The van der Waals surface area contributed by atoms with Gasteiger partial charge in [-0.15, -0.1) is 0 Å². The second kappa shape index (κ2) is 5.41. The Morgan fingerprint density at radius 1 is 1.52 bits per heavy atom. The fourth-order valence-electron chi connectivity index (χ4n) is 2.85. The summed E-state index contributed by atoms with van der Waals surface area (Å²) in [6, 6.07) is 1.28. The van der Waals surface area contributed by atoms with Crippen molar-refractivity contribution in [2.75, 3.05) is 6.61 Å². The van der Waals surface area contributed by atoms with Crippen molar-refractivity contribution in [3.8, 4) is 0 Å². The lowest BCUT2D eigenvalue weighted by Crippen LogP contribution is -2.44. The minimum Gasteiger partial charge on any atom is -0.393 e. The second-order valence-corrected chi connectivity index (χ2v) is 6.13. The lowest BCUT2D eigenvalue weighted by molar-refractivity contribution is -0.225. The maximum atomic E-state index is 11.3. The predicted octanol–water partition coefficient (Wildman–Crippen LogP) is 0.954. The van der Waals surface area contributed by atoms with Crippen molar-refractivity contribution in [3.63, 3.8) is 0 Å². The van der Waals surface area contributed by atoms with Crippen LogP contribution in [-0.4, -0.2) is 45.0 Å². The molecule has 0 aliphatic carbocycles. The molecule has 3 rings (SSSR count). The van der Waals surface area contributed by atoms with Crippen LogP contribution >= 0.6 is 12.2 Å². The number of nitrogens with zero attached hydrogens (tertiary/aromatic N) is 4.